The monoisotopic (exact) mass is 641 g/mol. The normalized spacial score (nSPS) is 21.4. The van der Waals surface area contributed by atoms with E-state index in [0.29, 0.717) is 5.92 Å². The summed E-state index contributed by atoms with van der Waals surface area (Å²) in [7, 11) is 0. The predicted octanol–water partition coefficient (Wildman–Crippen LogP) is 13.7. The first kappa shape index (κ1) is 30.9. The summed E-state index contributed by atoms with van der Waals surface area (Å²) in [6.45, 7) is 4.80. The summed E-state index contributed by atoms with van der Waals surface area (Å²) in [5.41, 5.74) is 16.1. The lowest BCUT2D eigenvalue weighted by atomic mass is 9.59. The summed E-state index contributed by atoms with van der Waals surface area (Å²) in [6, 6.07) is 44.8. The lowest BCUT2D eigenvalue weighted by Crippen LogP contribution is -2.38. The van der Waals surface area contributed by atoms with Crippen LogP contribution in [0.2, 0.25) is 0 Å². The van der Waals surface area contributed by atoms with Crippen LogP contribution >= 0.6 is 0 Å². The van der Waals surface area contributed by atoms with Gasteiger partial charge in [-0.25, -0.2) is 0 Å². The van der Waals surface area contributed by atoms with Crippen LogP contribution in [0.1, 0.15) is 113 Å². The molecular formula is C48H51N. The molecule has 0 N–H and O–H groups in total. The van der Waals surface area contributed by atoms with Crippen LogP contribution in [0.25, 0.3) is 22.3 Å². The van der Waals surface area contributed by atoms with Crippen molar-refractivity contribution < 1.29 is 0 Å². The lowest BCUT2D eigenvalue weighted by Gasteiger charge is -2.45. The van der Waals surface area contributed by atoms with Crippen molar-refractivity contribution in [3.05, 3.63) is 138 Å². The largest absolute Gasteiger partial charge is 0.310 e. The Balaban J connectivity index is 1.20. The summed E-state index contributed by atoms with van der Waals surface area (Å²) in [5.74, 6) is 1.51. The fourth-order valence-corrected chi connectivity index (χ4v) is 11.1. The van der Waals surface area contributed by atoms with Gasteiger partial charge in [0.2, 0.25) is 0 Å². The van der Waals surface area contributed by atoms with E-state index in [4.69, 9.17) is 0 Å². The summed E-state index contributed by atoms with van der Waals surface area (Å²) in [5, 5.41) is 0. The molecule has 0 radical (unpaired) electrons. The average molecular weight is 642 g/mol. The van der Waals surface area contributed by atoms with Crippen LogP contribution in [0, 0.1) is 11.8 Å². The SMILES string of the molecule is CCC(CC)CC1CCCCC12c1ccccc1-c1cc(N(c3ccccc3)c3ccc4c(c3)C3(CCCCC3)c3ccccc3-4)ccc12. The van der Waals surface area contributed by atoms with Gasteiger partial charge in [-0.1, -0.05) is 138 Å². The van der Waals surface area contributed by atoms with Gasteiger partial charge >= 0.3 is 0 Å². The predicted molar refractivity (Wildman–Crippen MR) is 207 cm³/mol. The molecule has 248 valence electrons. The minimum Gasteiger partial charge on any atom is -0.310 e. The van der Waals surface area contributed by atoms with Gasteiger partial charge in [0.1, 0.15) is 0 Å². The molecule has 49 heavy (non-hydrogen) atoms. The van der Waals surface area contributed by atoms with Gasteiger partial charge < -0.3 is 4.90 Å². The lowest BCUT2D eigenvalue weighted by molar-refractivity contribution is 0.185. The zero-order valence-electron chi connectivity index (χ0n) is 29.6. The molecule has 0 aliphatic heterocycles. The number of anilines is 3. The average Bonchev–Trinajstić information content (AvgIpc) is 3.59. The second-order valence-electron chi connectivity index (χ2n) is 15.7. The van der Waals surface area contributed by atoms with Gasteiger partial charge in [-0.05, 0) is 125 Å². The molecule has 2 spiro atoms. The standard InChI is InChI=1S/C48H51N/c1-3-34(4-2)31-35-17-13-16-30-48(35)44-23-12-10-21-40(44)42-32-37(25-27-45(42)48)49(36-18-7-5-8-19-36)38-24-26-41-39-20-9-11-22-43(39)47(46(41)33-38)28-14-6-15-29-47/h5,7-12,18-27,32-35H,3-4,6,13-17,28-31H2,1-2H3. The Morgan fingerprint density at radius 2 is 1.14 bits per heavy atom. The molecule has 5 aromatic carbocycles. The maximum Gasteiger partial charge on any atom is 0.0468 e. The minimum absolute atomic E-state index is 0.135. The molecule has 0 amide bonds. The van der Waals surface area contributed by atoms with E-state index in [1.165, 1.54) is 116 Å². The van der Waals surface area contributed by atoms with Gasteiger partial charge in [-0.15, -0.1) is 0 Å². The molecule has 0 aromatic heterocycles. The third kappa shape index (κ3) is 4.71. The van der Waals surface area contributed by atoms with Gasteiger partial charge in [0.25, 0.3) is 0 Å². The molecule has 1 nitrogen and oxygen atoms in total. The highest BCUT2D eigenvalue weighted by Gasteiger charge is 2.50. The first-order valence-electron chi connectivity index (χ1n) is 19.5. The zero-order valence-corrected chi connectivity index (χ0v) is 29.6. The Labute approximate surface area is 294 Å². The van der Waals surface area contributed by atoms with Crippen LogP contribution in [0.5, 0.6) is 0 Å². The fourth-order valence-electron chi connectivity index (χ4n) is 11.1. The van der Waals surface area contributed by atoms with Crippen molar-refractivity contribution in [1.82, 2.24) is 0 Å². The Kier molecular flexibility index (Phi) is 7.79. The molecule has 2 atom stereocenters. The molecular weight excluding hydrogens is 591 g/mol. The first-order valence-corrected chi connectivity index (χ1v) is 19.5. The van der Waals surface area contributed by atoms with Crippen LogP contribution in [-0.2, 0) is 10.8 Å². The van der Waals surface area contributed by atoms with E-state index in [-0.39, 0.29) is 10.8 Å². The maximum absolute atomic E-state index is 2.57. The van der Waals surface area contributed by atoms with Crippen molar-refractivity contribution in [2.75, 3.05) is 4.90 Å². The number of hydrogen-bond acceptors (Lipinski definition) is 1. The highest BCUT2D eigenvalue weighted by molar-refractivity contribution is 5.89. The van der Waals surface area contributed by atoms with Gasteiger partial charge in [-0.2, -0.15) is 0 Å². The maximum atomic E-state index is 2.57. The van der Waals surface area contributed by atoms with Crippen molar-refractivity contribution in [2.24, 2.45) is 11.8 Å². The third-order valence-corrected chi connectivity index (χ3v) is 13.5. The van der Waals surface area contributed by atoms with Gasteiger partial charge in [0, 0.05) is 27.9 Å². The molecule has 0 bridgehead atoms. The van der Waals surface area contributed by atoms with Crippen LogP contribution in [0.15, 0.2) is 115 Å². The van der Waals surface area contributed by atoms with Crippen molar-refractivity contribution in [2.45, 2.75) is 102 Å². The molecule has 9 rings (SSSR count). The molecule has 1 heteroatoms. The van der Waals surface area contributed by atoms with Crippen molar-refractivity contribution in [1.29, 1.82) is 0 Å². The minimum atomic E-state index is 0.135. The first-order chi connectivity index (χ1) is 24.2. The van der Waals surface area contributed by atoms with Crippen molar-refractivity contribution in [3.8, 4) is 22.3 Å². The second-order valence-corrected chi connectivity index (χ2v) is 15.7. The van der Waals surface area contributed by atoms with Crippen LogP contribution < -0.4 is 4.90 Å². The van der Waals surface area contributed by atoms with E-state index >= 15 is 0 Å². The van der Waals surface area contributed by atoms with E-state index in [9.17, 15) is 0 Å². The van der Waals surface area contributed by atoms with E-state index in [0.717, 1.165) is 5.92 Å². The van der Waals surface area contributed by atoms with Crippen LogP contribution in [-0.4, -0.2) is 0 Å². The Bertz CT molecular complexity index is 1980. The number of benzene rings is 5. The third-order valence-electron chi connectivity index (χ3n) is 13.5. The molecule has 2 fully saturated rings. The molecule has 2 saturated carbocycles. The fraction of sp³-hybridized carbons (Fsp3) is 0.375. The number of para-hydroxylation sites is 1. The van der Waals surface area contributed by atoms with Crippen molar-refractivity contribution >= 4 is 17.1 Å². The molecule has 0 saturated heterocycles. The van der Waals surface area contributed by atoms with Crippen molar-refractivity contribution in [3.63, 3.8) is 0 Å². The number of nitrogens with zero attached hydrogens (tertiary/aromatic N) is 1. The number of rotatable bonds is 7. The number of hydrogen-bond donors (Lipinski definition) is 0. The molecule has 2 unspecified atom stereocenters. The highest BCUT2D eigenvalue weighted by atomic mass is 15.1. The van der Waals surface area contributed by atoms with Gasteiger partial charge in [-0.3, -0.25) is 0 Å². The zero-order chi connectivity index (χ0) is 33.0. The van der Waals surface area contributed by atoms with E-state index in [1.54, 1.807) is 22.3 Å². The smallest absolute Gasteiger partial charge is 0.0468 e. The highest BCUT2D eigenvalue weighted by Crippen LogP contribution is 2.61. The Hall–Kier alpha value is -4.10. The molecule has 0 heterocycles. The van der Waals surface area contributed by atoms with E-state index in [1.807, 2.05) is 0 Å². The van der Waals surface area contributed by atoms with Crippen LogP contribution in [0.4, 0.5) is 17.1 Å². The van der Waals surface area contributed by atoms with E-state index in [2.05, 4.69) is 134 Å². The topological polar surface area (TPSA) is 3.24 Å². The Morgan fingerprint density at radius 1 is 0.531 bits per heavy atom. The van der Waals surface area contributed by atoms with Gasteiger partial charge in [0.05, 0.1) is 0 Å². The second kappa shape index (κ2) is 12.3. The molecule has 5 aromatic rings. The quantitative estimate of drug-likeness (QED) is 0.171. The van der Waals surface area contributed by atoms with Gasteiger partial charge in [0.15, 0.2) is 0 Å². The molecule has 4 aliphatic carbocycles. The summed E-state index contributed by atoms with van der Waals surface area (Å²) in [6.07, 6.45) is 15.7. The summed E-state index contributed by atoms with van der Waals surface area (Å²) < 4.78 is 0. The number of fused-ring (bicyclic) bond motifs is 10. The van der Waals surface area contributed by atoms with E-state index < -0.39 is 0 Å². The summed E-state index contributed by atoms with van der Waals surface area (Å²) in [4.78, 5) is 2.54. The van der Waals surface area contributed by atoms with Crippen LogP contribution in [0.3, 0.4) is 0 Å². The molecule has 4 aliphatic rings. The Morgan fingerprint density at radius 3 is 1.92 bits per heavy atom. The summed E-state index contributed by atoms with van der Waals surface area (Å²) >= 11 is 0.